The molecule has 3 rings (SSSR count). The lowest BCUT2D eigenvalue weighted by Gasteiger charge is -1.98. The Hall–Kier alpha value is -1.53. The second kappa shape index (κ2) is 4.62. The Morgan fingerprint density at radius 2 is 2.28 bits per heavy atom. The number of nitrogens with two attached hydrogens (primary N) is 1. The fourth-order valence-electron chi connectivity index (χ4n) is 1.86. The number of aromatic nitrogens is 3. The van der Waals surface area contributed by atoms with Crippen molar-refractivity contribution >= 4 is 11.3 Å². The summed E-state index contributed by atoms with van der Waals surface area (Å²) in [6, 6.07) is 1.80. The first kappa shape index (κ1) is 11.6. The molecule has 94 valence electrons. The van der Waals surface area contributed by atoms with Gasteiger partial charge in [-0.25, -0.2) is 15.0 Å². The second-order valence-corrected chi connectivity index (χ2v) is 5.34. The number of thiazole rings is 1. The van der Waals surface area contributed by atoms with E-state index < -0.39 is 0 Å². The molecule has 0 bridgehead atoms. The molecular weight excluding hydrogens is 248 g/mol. The molecule has 1 fully saturated rings. The zero-order valence-electron chi connectivity index (χ0n) is 10.1. The maximum Gasteiger partial charge on any atom is 0.216 e. The first-order valence-electron chi connectivity index (χ1n) is 5.88. The van der Waals surface area contributed by atoms with Crippen molar-refractivity contribution in [3.8, 4) is 16.6 Å². The zero-order chi connectivity index (χ0) is 12.5. The molecule has 2 aromatic rings. The average molecular weight is 262 g/mol. The lowest BCUT2D eigenvalue weighted by molar-refractivity contribution is 0.397. The van der Waals surface area contributed by atoms with Crippen molar-refractivity contribution in [2.75, 3.05) is 7.11 Å². The highest BCUT2D eigenvalue weighted by Gasteiger charge is 2.29. The third kappa shape index (κ3) is 2.09. The topological polar surface area (TPSA) is 73.9 Å². The summed E-state index contributed by atoms with van der Waals surface area (Å²) in [5.74, 6) is 1.16. The Labute approximate surface area is 109 Å². The van der Waals surface area contributed by atoms with E-state index in [0.29, 0.717) is 18.3 Å². The van der Waals surface area contributed by atoms with Crippen LogP contribution in [0.15, 0.2) is 12.4 Å². The van der Waals surface area contributed by atoms with E-state index in [4.69, 9.17) is 10.5 Å². The summed E-state index contributed by atoms with van der Waals surface area (Å²) in [5.41, 5.74) is 7.74. The first-order valence-corrected chi connectivity index (χ1v) is 6.69. The van der Waals surface area contributed by atoms with Crippen molar-refractivity contribution in [3.05, 3.63) is 23.0 Å². The number of hydrogen-bond donors (Lipinski definition) is 1. The Morgan fingerprint density at radius 1 is 1.44 bits per heavy atom. The van der Waals surface area contributed by atoms with Gasteiger partial charge in [-0.15, -0.1) is 11.3 Å². The lowest BCUT2D eigenvalue weighted by Crippen LogP contribution is -1.96. The largest absolute Gasteiger partial charge is 0.481 e. The van der Waals surface area contributed by atoms with Crippen LogP contribution in [-0.4, -0.2) is 22.1 Å². The smallest absolute Gasteiger partial charge is 0.216 e. The molecule has 0 atom stereocenters. The molecule has 0 aromatic carbocycles. The fourth-order valence-corrected chi connectivity index (χ4v) is 2.86. The van der Waals surface area contributed by atoms with Crippen LogP contribution in [-0.2, 0) is 6.54 Å². The summed E-state index contributed by atoms with van der Waals surface area (Å²) in [7, 11) is 1.59. The van der Waals surface area contributed by atoms with Crippen LogP contribution in [0.4, 0.5) is 0 Å². The predicted molar refractivity (Wildman–Crippen MR) is 69.6 cm³/mol. The van der Waals surface area contributed by atoms with E-state index in [1.807, 2.05) is 0 Å². The van der Waals surface area contributed by atoms with Gasteiger partial charge in [0.25, 0.3) is 0 Å². The highest BCUT2D eigenvalue weighted by Crippen LogP contribution is 2.43. The molecule has 5 nitrogen and oxygen atoms in total. The predicted octanol–water partition coefficient (Wildman–Crippen LogP) is 1.94. The first-order chi connectivity index (χ1) is 8.81. The Balaban J connectivity index is 2.00. The van der Waals surface area contributed by atoms with E-state index in [0.717, 1.165) is 16.4 Å². The van der Waals surface area contributed by atoms with Crippen LogP contribution in [0, 0.1) is 0 Å². The van der Waals surface area contributed by atoms with Crippen LogP contribution in [0.25, 0.3) is 10.7 Å². The third-order valence-electron chi connectivity index (χ3n) is 2.95. The fraction of sp³-hybridized carbons (Fsp3) is 0.417. The molecule has 2 N–H and O–H groups in total. The molecule has 0 aliphatic heterocycles. The van der Waals surface area contributed by atoms with Gasteiger partial charge in [0.05, 0.1) is 12.8 Å². The van der Waals surface area contributed by atoms with Crippen molar-refractivity contribution in [3.63, 3.8) is 0 Å². The van der Waals surface area contributed by atoms with Gasteiger partial charge < -0.3 is 10.5 Å². The van der Waals surface area contributed by atoms with Crippen LogP contribution >= 0.6 is 11.3 Å². The highest BCUT2D eigenvalue weighted by atomic mass is 32.1. The molecule has 0 amide bonds. The van der Waals surface area contributed by atoms with E-state index in [-0.39, 0.29) is 0 Å². The minimum atomic E-state index is 0.547. The van der Waals surface area contributed by atoms with Gasteiger partial charge in [0.2, 0.25) is 5.88 Å². The van der Waals surface area contributed by atoms with Gasteiger partial charge in [-0.2, -0.15) is 0 Å². The van der Waals surface area contributed by atoms with E-state index in [1.165, 1.54) is 24.0 Å². The molecule has 2 heterocycles. The Morgan fingerprint density at radius 3 is 2.94 bits per heavy atom. The highest BCUT2D eigenvalue weighted by molar-refractivity contribution is 7.15. The molecule has 0 spiro atoms. The van der Waals surface area contributed by atoms with Crippen LogP contribution < -0.4 is 10.5 Å². The van der Waals surface area contributed by atoms with Gasteiger partial charge in [0.1, 0.15) is 17.0 Å². The van der Waals surface area contributed by atoms with Gasteiger partial charge in [0, 0.05) is 23.4 Å². The van der Waals surface area contributed by atoms with E-state index in [2.05, 4.69) is 15.0 Å². The van der Waals surface area contributed by atoms with Crippen LogP contribution in [0.2, 0.25) is 0 Å². The number of rotatable bonds is 4. The number of hydrogen-bond acceptors (Lipinski definition) is 6. The molecule has 2 aromatic heterocycles. The van der Waals surface area contributed by atoms with Crippen molar-refractivity contribution in [1.29, 1.82) is 0 Å². The summed E-state index contributed by atoms with van der Waals surface area (Å²) in [4.78, 5) is 14.1. The van der Waals surface area contributed by atoms with Gasteiger partial charge >= 0.3 is 0 Å². The minimum absolute atomic E-state index is 0.547. The van der Waals surface area contributed by atoms with Crippen molar-refractivity contribution in [2.24, 2.45) is 5.73 Å². The minimum Gasteiger partial charge on any atom is -0.481 e. The summed E-state index contributed by atoms with van der Waals surface area (Å²) >= 11 is 1.62. The van der Waals surface area contributed by atoms with Gasteiger partial charge in [0.15, 0.2) is 0 Å². The number of methoxy groups -OCH3 is 1. The molecule has 1 aliphatic carbocycles. The summed E-state index contributed by atoms with van der Waals surface area (Å²) in [6.07, 6.45) is 3.95. The van der Waals surface area contributed by atoms with Crippen molar-refractivity contribution in [2.45, 2.75) is 25.3 Å². The SMILES string of the molecule is COc1cc(-c2nc(C3CC3)c(CN)s2)ncn1. The quantitative estimate of drug-likeness (QED) is 0.911. The average Bonchev–Trinajstić information content (AvgIpc) is 3.18. The van der Waals surface area contributed by atoms with Crippen LogP contribution in [0.5, 0.6) is 5.88 Å². The molecule has 0 unspecified atom stereocenters. The summed E-state index contributed by atoms with van der Waals surface area (Å²) < 4.78 is 5.10. The number of ether oxygens (including phenoxy) is 1. The van der Waals surface area contributed by atoms with Crippen molar-refractivity contribution in [1.82, 2.24) is 15.0 Å². The molecule has 1 aliphatic rings. The van der Waals surface area contributed by atoms with Gasteiger partial charge in [-0.3, -0.25) is 0 Å². The maximum absolute atomic E-state index is 5.78. The van der Waals surface area contributed by atoms with Crippen molar-refractivity contribution < 1.29 is 4.74 Å². The summed E-state index contributed by atoms with van der Waals surface area (Å²) in [5, 5.41) is 0.901. The van der Waals surface area contributed by atoms with E-state index >= 15 is 0 Å². The Bertz CT molecular complexity index is 565. The lowest BCUT2D eigenvalue weighted by atomic mass is 10.2. The second-order valence-electron chi connectivity index (χ2n) is 4.25. The van der Waals surface area contributed by atoms with E-state index in [1.54, 1.807) is 24.5 Å². The molecule has 0 saturated heterocycles. The van der Waals surface area contributed by atoms with Gasteiger partial charge in [-0.1, -0.05) is 0 Å². The molecule has 6 heteroatoms. The van der Waals surface area contributed by atoms with Gasteiger partial charge in [-0.05, 0) is 12.8 Å². The Kier molecular flexibility index (Phi) is 2.97. The zero-order valence-corrected chi connectivity index (χ0v) is 10.9. The normalized spacial score (nSPS) is 14.8. The molecule has 0 radical (unpaired) electrons. The van der Waals surface area contributed by atoms with Crippen LogP contribution in [0.3, 0.4) is 0 Å². The summed E-state index contributed by atoms with van der Waals surface area (Å²) in [6.45, 7) is 0.547. The molecule has 18 heavy (non-hydrogen) atoms. The monoisotopic (exact) mass is 262 g/mol. The maximum atomic E-state index is 5.78. The molecule has 1 saturated carbocycles. The molecular formula is C12H14N4OS. The third-order valence-corrected chi connectivity index (χ3v) is 4.06. The van der Waals surface area contributed by atoms with E-state index in [9.17, 15) is 0 Å². The number of nitrogens with zero attached hydrogens (tertiary/aromatic N) is 3. The standard InChI is InChI=1S/C12H14N4OS/c1-17-10-4-8(14-6-15-10)12-16-11(7-2-3-7)9(5-13)18-12/h4,6-7H,2-3,5,13H2,1H3. The van der Waals surface area contributed by atoms with Crippen LogP contribution in [0.1, 0.15) is 29.3 Å².